The van der Waals surface area contributed by atoms with Gasteiger partial charge in [-0.15, -0.1) is 0 Å². The van der Waals surface area contributed by atoms with E-state index in [9.17, 15) is 4.79 Å². The van der Waals surface area contributed by atoms with Crippen molar-refractivity contribution in [2.45, 2.75) is 20.4 Å². The van der Waals surface area contributed by atoms with E-state index < -0.39 is 5.97 Å². The van der Waals surface area contributed by atoms with Crippen molar-refractivity contribution in [3.8, 4) is 16.9 Å². The molecular formula is C25H23NO3. The molecule has 0 spiro atoms. The largest absolute Gasteiger partial charge is 0.482 e. The van der Waals surface area contributed by atoms with Gasteiger partial charge in [0.2, 0.25) is 0 Å². The fourth-order valence-electron chi connectivity index (χ4n) is 3.69. The molecule has 0 aliphatic carbocycles. The van der Waals surface area contributed by atoms with Crippen molar-refractivity contribution in [1.29, 1.82) is 0 Å². The lowest BCUT2D eigenvalue weighted by molar-refractivity contribution is -0.139. The molecule has 29 heavy (non-hydrogen) atoms. The summed E-state index contributed by atoms with van der Waals surface area (Å²) in [6.07, 6.45) is 0. The zero-order valence-electron chi connectivity index (χ0n) is 16.6. The molecule has 3 aromatic carbocycles. The number of rotatable bonds is 6. The number of aromatic nitrogens is 1. The van der Waals surface area contributed by atoms with Crippen LogP contribution in [0.5, 0.6) is 5.75 Å². The molecule has 0 saturated heterocycles. The highest BCUT2D eigenvalue weighted by molar-refractivity contribution is 5.89. The number of aliphatic carboxylic acids is 1. The molecule has 4 rings (SSSR count). The fourth-order valence-corrected chi connectivity index (χ4v) is 3.69. The molecule has 0 amide bonds. The number of carboxylic acids is 1. The summed E-state index contributed by atoms with van der Waals surface area (Å²) < 4.78 is 7.59. The van der Waals surface area contributed by atoms with E-state index >= 15 is 0 Å². The van der Waals surface area contributed by atoms with Crippen LogP contribution in [0.2, 0.25) is 0 Å². The zero-order valence-corrected chi connectivity index (χ0v) is 16.6. The smallest absolute Gasteiger partial charge is 0.341 e. The SMILES string of the molecule is Cc1c(C)n(Cc2ccccc2)c2ccc(-c3ccc(OCC(=O)O)cc3)cc12. The Hall–Kier alpha value is -3.53. The molecule has 0 radical (unpaired) electrons. The molecule has 1 N–H and O–H groups in total. The second kappa shape index (κ2) is 7.84. The van der Waals surface area contributed by atoms with Crippen molar-refractivity contribution >= 4 is 16.9 Å². The molecule has 0 fully saturated rings. The van der Waals surface area contributed by atoms with Crippen LogP contribution in [-0.2, 0) is 11.3 Å². The second-order valence-corrected chi connectivity index (χ2v) is 7.22. The normalized spacial score (nSPS) is 11.0. The summed E-state index contributed by atoms with van der Waals surface area (Å²) in [5, 5.41) is 9.98. The van der Waals surface area contributed by atoms with Crippen LogP contribution in [0.1, 0.15) is 16.8 Å². The average molecular weight is 385 g/mol. The van der Waals surface area contributed by atoms with Gasteiger partial charge in [-0.3, -0.25) is 0 Å². The second-order valence-electron chi connectivity index (χ2n) is 7.22. The maximum atomic E-state index is 10.6. The van der Waals surface area contributed by atoms with Crippen molar-refractivity contribution in [1.82, 2.24) is 4.57 Å². The Morgan fingerprint density at radius 3 is 2.31 bits per heavy atom. The van der Waals surface area contributed by atoms with Crippen molar-refractivity contribution < 1.29 is 14.6 Å². The number of fused-ring (bicyclic) bond motifs is 1. The monoisotopic (exact) mass is 385 g/mol. The minimum atomic E-state index is -0.981. The first-order valence-electron chi connectivity index (χ1n) is 9.61. The van der Waals surface area contributed by atoms with Crippen LogP contribution in [0.4, 0.5) is 0 Å². The fraction of sp³-hybridized carbons (Fsp3) is 0.160. The van der Waals surface area contributed by atoms with Crippen molar-refractivity contribution in [3.63, 3.8) is 0 Å². The van der Waals surface area contributed by atoms with E-state index in [1.54, 1.807) is 12.1 Å². The van der Waals surface area contributed by atoms with E-state index in [1.165, 1.54) is 27.7 Å². The summed E-state index contributed by atoms with van der Waals surface area (Å²) in [4.78, 5) is 10.6. The summed E-state index contributed by atoms with van der Waals surface area (Å²) in [7, 11) is 0. The number of nitrogens with zero attached hydrogens (tertiary/aromatic N) is 1. The molecule has 4 nitrogen and oxygen atoms in total. The molecule has 1 aromatic heterocycles. The van der Waals surface area contributed by atoms with Gasteiger partial charge in [0.1, 0.15) is 5.75 Å². The number of hydrogen-bond acceptors (Lipinski definition) is 2. The molecule has 0 bridgehead atoms. The summed E-state index contributed by atoms with van der Waals surface area (Å²) >= 11 is 0. The number of benzene rings is 3. The summed E-state index contributed by atoms with van der Waals surface area (Å²) in [6.45, 7) is 4.86. The van der Waals surface area contributed by atoms with E-state index in [1.807, 2.05) is 18.2 Å². The average Bonchev–Trinajstić information content (AvgIpc) is 2.98. The quantitative estimate of drug-likeness (QED) is 0.481. The lowest BCUT2D eigenvalue weighted by Gasteiger charge is -2.09. The third-order valence-electron chi connectivity index (χ3n) is 5.37. The van der Waals surface area contributed by atoms with Crippen LogP contribution < -0.4 is 4.74 Å². The Morgan fingerprint density at radius 2 is 1.62 bits per heavy atom. The van der Waals surface area contributed by atoms with E-state index in [4.69, 9.17) is 9.84 Å². The van der Waals surface area contributed by atoms with Gasteiger partial charge >= 0.3 is 5.97 Å². The Morgan fingerprint density at radius 1 is 0.931 bits per heavy atom. The number of carbonyl (C=O) groups is 1. The molecule has 0 unspecified atom stereocenters. The van der Waals surface area contributed by atoms with Gasteiger partial charge in [-0.1, -0.05) is 48.5 Å². The van der Waals surface area contributed by atoms with Gasteiger partial charge in [-0.25, -0.2) is 4.79 Å². The molecule has 0 aliphatic heterocycles. The Balaban J connectivity index is 1.66. The van der Waals surface area contributed by atoms with Gasteiger partial charge in [0.25, 0.3) is 0 Å². The minimum Gasteiger partial charge on any atom is -0.482 e. The summed E-state index contributed by atoms with van der Waals surface area (Å²) in [5.74, 6) is -0.427. The molecule has 146 valence electrons. The minimum absolute atomic E-state index is 0.335. The van der Waals surface area contributed by atoms with Gasteiger partial charge in [-0.05, 0) is 60.4 Å². The highest BCUT2D eigenvalue weighted by Gasteiger charge is 2.12. The topological polar surface area (TPSA) is 51.5 Å². The van der Waals surface area contributed by atoms with Crippen molar-refractivity contribution in [3.05, 3.63) is 89.6 Å². The van der Waals surface area contributed by atoms with Crippen LogP contribution >= 0.6 is 0 Å². The maximum Gasteiger partial charge on any atom is 0.341 e. The molecule has 0 atom stereocenters. The number of aryl methyl sites for hydroxylation is 1. The standard InChI is InChI=1S/C25H23NO3/c1-17-18(2)26(15-19-6-4-3-5-7-19)24-13-10-21(14-23(17)24)20-8-11-22(12-9-20)29-16-25(27)28/h3-14H,15-16H2,1-2H3,(H,27,28). The molecule has 0 aliphatic rings. The molecule has 1 heterocycles. The Kier molecular flexibility index (Phi) is 5.09. The first-order valence-corrected chi connectivity index (χ1v) is 9.61. The molecule has 4 heteroatoms. The van der Waals surface area contributed by atoms with Gasteiger partial charge in [0.15, 0.2) is 6.61 Å². The van der Waals surface area contributed by atoms with Crippen molar-refractivity contribution in [2.75, 3.05) is 6.61 Å². The predicted octanol–water partition coefficient (Wildman–Crippen LogP) is 5.44. The number of hydrogen-bond donors (Lipinski definition) is 1. The Labute approximate surface area is 170 Å². The van der Waals surface area contributed by atoms with E-state index in [2.05, 4.69) is 60.9 Å². The first-order chi connectivity index (χ1) is 14.0. The highest BCUT2D eigenvalue weighted by Crippen LogP contribution is 2.31. The number of carboxylic acid groups (broad SMARTS) is 1. The third-order valence-corrected chi connectivity index (χ3v) is 5.37. The zero-order chi connectivity index (χ0) is 20.4. The van der Waals surface area contributed by atoms with Gasteiger partial charge in [-0.2, -0.15) is 0 Å². The van der Waals surface area contributed by atoms with Crippen LogP contribution in [-0.4, -0.2) is 22.2 Å². The molecule has 4 aromatic rings. The first kappa shape index (κ1) is 18.8. The Bertz CT molecular complexity index is 1160. The van der Waals surface area contributed by atoms with E-state index in [0.29, 0.717) is 5.75 Å². The van der Waals surface area contributed by atoms with Crippen LogP contribution in [0, 0.1) is 13.8 Å². The van der Waals surface area contributed by atoms with Crippen LogP contribution in [0.3, 0.4) is 0 Å². The maximum absolute atomic E-state index is 10.6. The van der Waals surface area contributed by atoms with Crippen LogP contribution in [0.25, 0.3) is 22.0 Å². The lowest BCUT2D eigenvalue weighted by atomic mass is 10.0. The van der Waals surface area contributed by atoms with E-state index in [0.717, 1.165) is 17.7 Å². The third kappa shape index (κ3) is 3.87. The molecular weight excluding hydrogens is 362 g/mol. The summed E-state index contributed by atoms with van der Waals surface area (Å²) in [6, 6.07) is 24.6. The van der Waals surface area contributed by atoms with Gasteiger partial charge in [0, 0.05) is 23.1 Å². The van der Waals surface area contributed by atoms with Gasteiger partial charge < -0.3 is 14.4 Å². The molecule has 0 saturated carbocycles. The summed E-state index contributed by atoms with van der Waals surface area (Å²) in [5.41, 5.74) is 7.28. The number of ether oxygens (including phenoxy) is 1. The lowest BCUT2D eigenvalue weighted by Crippen LogP contribution is -2.09. The highest BCUT2D eigenvalue weighted by atomic mass is 16.5. The van der Waals surface area contributed by atoms with Crippen LogP contribution in [0.15, 0.2) is 72.8 Å². The van der Waals surface area contributed by atoms with E-state index in [-0.39, 0.29) is 6.61 Å². The predicted molar refractivity (Wildman–Crippen MR) is 116 cm³/mol. The van der Waals surface area contributed by atoms with Crippen molar-refractivity contribution in [2.24, 2.45) is 0 Å². The van der Waals surface area contributed by atoms with Gasteiger partial charge in [0.05, 0.1) is 0 Å².